The lowest BCUT2D eigenvalue weighted by Gasteiger charge is -2.47. The second-order valence-electron chi connectivity index (χ2n) is 6.95. The predicted octanol–water partition coefficient (Wildman–Crippen LogP) is 3.19. The Morgan fingerprint density at radius 3 is 2.38 bits per heavy atom. The van der Waals surface area contributed by atoms with Crippen LogP contribution in [0.4, 0.5) is 4.39 Å². The second kappa shape index (κ2) is 6.42. The zero-order valence-electron chi connectivity index (χ0n) is 13.3. The van der Waals surface area contributed by atoms with E-state index >= 15 is 0 Å². The van der Waals surface area contributed by atoms with Gasteiger partial charge in [-0.3, -0.25) is 11.3 Å². The minimum atomic E-state index is -0.313. The second-order valence-corrected chi connectivity index (χ2v) is 6.95. The fourth-order valence-corrected chi connectivity index (χ4v) is 3.33. The molecular formula is C17H27FN2O. The minimum absolute atomic E-state index is 0.0875. The van der Waals surface area contributed by atoms with E-state index < -0.39 is 0 Å². The minimum Gasteiger partial charge on any atom is -0.377 e. The van der Waals surface area contributed by atoms with Crippen molar-refractivity contribution < 1.29 is 9.13 Å². The van der Waals surface area contributed by atoms with Gasteiger partial charge < -0.3 is 4.74 Å². The molecule has 1 aromatic carbocycles. The van der Waals surface area contributed by atoms with E-state index in [1.165, 1.54) is 6.07 Å². The molecule has 1 aromatic rings. The molecule has 0 saturated heterocycles. The fraction of sp³-hybridized carbons (Fsp3) is 0.647. The lowest BCUT2D eigenvalue weighted by molar-refractivity contribution is -0.0863. The van der Waals surface area contributed by atoms with Gasteiger partial charge in [-0.2, -0.15) is 0 Å². The third kappa shape index (κ3) is 3.62. The molecule has 21 heavy (non-hydrogen) atoms. The van der Waals surface area contributed by atoms with Crippen LogP contribution in [0.3, 0.4) is 0 Å². The molecule has 4 heteroatoms. The summed E-state index contributed by atoms with van der Waals surface area (Å²) >= 11 is 0. The van der Waals surface area contributed by atoms with E-state index in [1.54, 1.807) is 13.2 Å². The van der Waals surface area contributed by atoms with Crippen LogP contribution < -0.4 is 11.3 Å². The van der Waals surface area contributed by atoms with Crippen molar-refractivity contribution in [1.82, 2.24) is 5.43 Å². The van der Waals surface area contributed by atoms with E-state index in [9.17, 15) is 4.39 Å². The number of hydrazine groups is 1. The van der Waals surface area contributed by atoms with Gasteiger partial charge in [0.2, 0.25) is 0 Å². The Hall–Kier alpha value is -0.970. The van der Waals surface area contributed by atoms with E-state index in [4.69, 9.17) is 10.6 Å². The Balaban J connectivity index is 2.17. The molecule has 1 unspecified atom stereocenters. The van der Waals surface area contributed by atoms with Crippen LogP contribution >= 0.6 is 0 Å². The molecule has 1 saturated carbocycles. The molecule has 0 radical (unpaired) electrons. The summed E-state index contributed by atoms with van der Waals surface area (Å²) in [5.41, 5.74) is 3.59. The van der Waals surface area contributed by atoms with E-state index in [0.717, 1.165) is 25.7 Å². The Morgan fingerprint density at radius 2 is 1.86 bits per heavy atom. The number of benzene rings is 1. The molecule has 0 bridgehead atoms. The average molecular weight is 294 g/mol. The molecule has 1 aliphatic rings. The van der Waals surface area contributed by atoms with Crippen molar-refractivity contribution in [2.75, 3.05) is 7.11 Å². The highest BCUT2D eigenvalue weighted by atomic mass is 19.1. The lowest BCUT2D eigenvalue weighted by atomic mass is 9.67. The van der Waals surface area contributed by atoms with Crippen LogP contribution in [0.15, 0.2) is 24.3 Å². The van der Waals surface area contributed by atoms with E-state index in [0.29, 0.717) is 17.4 Å². The number of halogens is 1. The third-order valence-corrected chi connectivity index (χ3v) is 5.07. The molecular weight excluding hydrogens is 267 g/mol. The first-order valence-electron chi connectivity index (χ1n) is 7.67. The van der Waals surface area contributed by atoms with Gasteiger partial charge in [-0.25, -0.2) is 4.39 Å². The number of nitrogens with two attached hydrogens (primary N) is 1. The van der Waals surface area contributed by atoms with Gasteiger partial charge in [-0.15, -0.1) is 0 Å². The SMILES string of the molecule is COC1(C(Cc2ccccc2F)NN)CCC(C)(C)CC1. The number of hydrogen-bond acceptors (Lipinski definition) is 3. The molecule has 118 valence electrons. The molecule has 0 aliphatic heterocycles. The first kappa shape index (κ1) is 16.4. The smallest absolute Gasteiger partial charge is 0.126 e. The zero-order valence-corrected chi connectivity index (χ0v) is 13.3. The average Bonchev–Trinajstić information content (AvgIpc) is 2.47. The van der Waals surface area contributed by atoms with Crippen LogP contribution in [0.25, 0.3) is 0 Å². The van der Waals surface area contributed by atoms with E-state index in [1.807, 2.05) is 12.1 Å². The molecule has 0 heterocycles. The maximum absolute atomic E-state index is 13.9. The monoisotopic (exact) mass is 294 g/mol. The molecule has 2 rings (SSSR count). The molecule has 0 amide bonds. The molecule has 1 fully saturated rings. The van der Waals surface area contributed by atoms with Crippen molar-refractivity contribution in [3.8, 4) is 0 Å². The Morgan fingerprint density at radius 1 is 1.24 bits per heavy atom. The van der Waals surface area contributed by atoms with Gasteiger partial charge in [0.1, 0.15) is 5.82 Å². The highest BCUT2D eigenvalue weighted by molar-refractivity contribution is 5.20. The summed E-state index contributed by atoms with van der Waals surface area (Å²) in [5, 5.41) is 0. The number of rotatable bonds is 5. The van der Waals surface area contributed by atoms with Crippen molar-refractivity contribution in [2.45, 2.75) is 57.6 Å². The summed E-state index contributed by atoms with van der Waals surface area (Å²) in [6.07, 6.45) is 4.61. The molecule has 0 spiro atoms. The highest BCUT2D eigenvalue weighted by Gasteiger charge is 2.44. The van der Waals surface area contributed by atoms with Gasteiger partial charge >= 0.3 is 0 Å². The summed E-state index contributed by atoms with van der Waals surface area (Å²) in [7, 11) is 1.74. The summed E-state index contributed by atoms with van der Waals surface area (Å²) in [5.74, 6) is 5.60. The number of nitrogens with one attached hydrogen (secondary N) is 1. The summed E-state index contributed by atoms with van der Waals surface area (Å²) < 4.78 is 19.8. The van der Waals surface area contributed by atoms with Crippen molar-refractivity contribution >= 4 is 0 Å². The quantitative estimate of drug-likeness (QED) is 0.647. The van der Waals surface area contributed by atoms with E-state index in [-0.39, 0.29) is 17.5 Å². The summed E-state index contributed by atoms with van der Waals surface area (Å²) in [6, 6.07) is 6.78. The lowest BCUT2D eigenvalue weighted by Crippen LogP contribution is -2.57. The maximum Gasteiger partial charge on any atom is 0.126 e. The number of ether oxygens (including phenoxy) is 1. The maximum atomic E-state index is 13.9. The summed E-state index contributed by atoms with van der Waals surface area (Å²) in [6.45, 7) is 4.57. The predicted molar refractivity (Wildman–Crippen MR) is 83.2 cm³/mol. The van der Waals surface area contributed by atoms with Crippen LogP contribution in [0.1, 0.15) is 45.1 Å². The van der Waals surface area contributed by atoms with Gasteiger partial charge in [-0.1, -0.05) is 32.0 Å². The standard InChI is InChI=1S/C17H27FN2O/c1-16(2)8-10-17(21-3,11-9-16)15(20-19)12-13-6-4-5-7-14(13)18/h4-7,15,20H,8-12,19H2,1-3H3. The molecule has 1 atom stereocenters. The Bertz CT molecular complexity index is 466. The first-order chi connectivity index (χ1) is 9.92. The fourth-order valence-electron chi connectivity index (χ4n) is 3.33. The van der Waals surface area contributed by atoms with Crippen LogP contribution in [0, 0.1) is 11.2 Å². The van der Waals surface area contributed by atoms with Gasteiger partial charge in [0.05, 0.1) is 11.6 Å². The van der Waals surface area contributed by atoms with Gasteiger partial charge in [0.15, 0.2) is 0 Å². The van der Waals surface area contributed by atoms with Crippen molar-refractivity contribution in [3.63, 3.8) is 0 Å². The van der Waals surface area contributed by atoms with Crippen LogP contribution in [-0.4, -0.2) is 18.8 Å². The van der Waals surface area contributed by atoms with Crippen LogP contribution in [-0.2, 0) is 11.2 Å². The van der Waals surface area contributed by atoms with Crippen molar-refractivity contribution in [2.24, 2.45) is 11.3 Å². The summed E-state index contributed by atoms with van der Waals surface area (Å²) in [4.78, 5) is 0. The number of hydrogen-bond donors (Lipinski definition) is 2. The largest absolute Gasteiger partial charge is 0.377 e. The molecule has 1 aliphatic carbocycles. The highest BCUT2D eigenvalue weighted by Crippen LogP contribution is 2.43. The number of methoxy groups -OCH3 is 1. The van der Waals surface area contributed by atoms with Crippen LogP contribution in [0.2, 0.25) is 0 Å². The van der Waals surface area contributed by atoms with Crippen molar-refractivity contribution in [1.29, 1.82) is 0 Å². The Kier molecular flexibility index (Phi) is 5.02. The van der Waals surface area contributed by atoms with Crippen molar-refractivity contribution in [3.05, 3.63) is 35.6 Å². The van der Waals surface area contributed by atoms with Gasteiger partial charge in [0.25, 0.3) is 0 Å². The van der Waals surface area contributed by atoms with E-state index in [2.05, 4.69) is 19.3 Å². The first-order valence-corrected chi connectivity index (χ1v) is 7.67. The molecule has 3 N–H and O–H groups in total. The molecule has 3 nitrogen and oxygen atoms in total. The van der Waals surface area contributed by atoms with Gasteiger partial charge in [-0.05, 0) is 49.1 Å². The Labute approximate surface area is 127 Å². The third-order valence-electron chi connectivity index (χ3n) is 5.07. The van der Waals surface area contributed by atoms with Crippen LogP contribution in [0.5, 0.6) is 0 Å². The normalized spacial score (nSPS) is 22.0. The van der Waals surface area contributed by atoms with Gasteiger partial charge in [0, 0.05) is 7.11 Å². The zero-order chi connectivity index (χ0) is 15.5. The molecule has 0 aromatic heterocycles. The topological polar surface area (TPSA) is 47.3 Å².